The van der Waals surface area contributed by atoms with Crippen LogP contribution in [0.15, 0.2) is 0 Å². The van der Waals surface area contributed by atoms with E-state index in [9.17, 15) is 8.42 Å². The summed E-state index contributed by atoms with van der Waals surface area (Å²) in [6, 6.07) is 0. The molecule has 3 N–H and O–H groups in total. The van der Waals surface area contributed by atoms with Crippen molar-refractivity contribution in [3.63, 3.8) is 0 Å². The maximum atomic E-state index is 10.7. The highest BCUT2D eigenvalue weighted by molar-refractivity contribution is 7.88. The van der Waals surface area contributed by atoms with Gasteiger partial charge in [-0.2, -0.15) is 0 Å². The SMILES string of the molecule is CS(=O)(=O)NCCNCCCCCCO. The van der Waals surface area contributed by atoms with Gasteiger partial charge in [-0.3, -0.25) is 0 Å². The highest BCUT2D eigenvalue weighted by Crippen LogP contribution is 1.97. The van der Waals surface area contributed by atoms with Crippen LogP contribution in [-0.4, -0.2) is 46.0 Å². The van der Waals surface area contributed by atoms with Crippen LogP contribution in [0.5, 0.6) is 0 Å². The highest BCUT2D eigenvalue weighted by Gasteiger charge is 1.97. The fourth-order valence-corrected chi connectivity index (χ4v) is 1.64. The van der Waals surface area contributed by atoms with Crippen molar-refractivity contribution in [2.24, 2.45) is 0 Å². The van der Waals surface area contributed by atoms with Crippen LogP contribution < -0.4 is 10.0 Å². The number of aliphatic hydroxyl groups is 1. The molecule has 0 aliphatic rings. The number of rotatable bonds is 10. The summed E-state index contributed by atoms with van der Waals surface area (Å²) in [4.78, 5) is 0. The van der Waals surface area contributed by atoms with Crippen LogP contribution in [-0.2, 0) is 10.0 Å². The molecule has 0 saturated heterocycles. The smallest absolute Gasteiger partial charge is 0.208 e. The summed E-state index contributed by atoms with van der Waals surface area (Å²) < 4.78 is 23.8. The van der Waals surface area contributed by atoms with Crippen LogP contribution in [0.3, 0.4) is 0 Å². The van der Waals surface area contributed by atoms with Gasteiger partial charge in [0.15, 0.2) is 0 Å². The van der Waals surface area contributed by atoms with Crippen LogP contribution in [0.1, 0.15) is 25.7 Å². The van der Waals surface area contributed by atoms with Crippen LogP contribution in [0, 0.1) is 0 Å². The summed E-state index contributed by atoms with van der Waals surface area (Å²) in [5.74, 6) is 0. The minimum Gasteiger partial charge on any atom is -0.396 e. The van der Waals surface area contributed by atoms with Gasteiger partial charge >= 0.3 is 0 Å². The van der Waals surface area contributed by atoms with Crippen molar-refractivity contribution in [1.29, 1.82) is 0 Å². The number of nitrogens with one attached hydrogen (secondary N) is 2. The molecule has 15 heavy (non-hydrogen) atoms. The molecule has 0 aliphatic carbocycles. The van der Waals surface area contributed by atoms with Gasteiger partial charge in [0.2, 0.25) is 10.0 Å². The Bertz CT molecular complexity index is 230. The largest absolute Gasteiger partial charge is 0.396 e. The number of unbranched alkanes of at least 4 members (excludes halogenated alkanes) is 3. The summed E-state index contributed by atoms with van der Waals surface area (Å²) in [7, 11) is -3.05. The van der Waals surface area contributed by atoms with Crippen molar-refractivity contribution in [2.75, 3.05) is 32.5 Å². The number of sulfonamides is 1. The van der Waals surface area contributed by atoms with E-state index in [4.69, 9.17) is 5.11 Å². The molecule has 0 radical (unpaired) electrons. The molecule has 0 saturated carbocycles. The predicted molar refractivity (Wildman–Crippen MR) is 61.3 cm³/mol. The van der Waals surface area contributed by atoms with E-state index >= 15 is 0 Å². The second kappa shape index (κ2) is 9.08. The third-order valence-corrected chi connectivity index (χ3v) is 2.66. The molecular formula is C9H22N2O3S. The van der Waals surface area contributed by atoms with E-state index in [0.717, 1.165) is 38.5 Å². The van der Waals surface area contributed by atoms with E-state index < -0.39 is 10.0 Å². The average Bonchev–Trinajstić information content (AvgIpc) is 2.14. The molecule has 0 aromatic carbocycles. The first-order valence-corrected chi connectivity index (χ1v) is 7.21. The fraction of sp³-hybridized carbons (Fsp3) is 1.00. The van der Waals surface area contributed by atoms with Gasteiger partial charge in [-0.05, 0) is 19.4 Å². The maximum Gasteiger partial charge on any atom is 0.208 e. The minimum absolute atomic E-state index is 0.270. The Balaban J connectivity index is 3.06. The molecule has 92 valence electrons. The van der Waals surface area contributed by atoms with Gasteiger partial charge in [-0.1, -0.05) is 12.8 Å². The Morgan fingerprint density at radius 2 is 1.67 bits per heavy atom. The van der Waals surface area contributed by atoms with E-state index in [0.29, 0.717) is 13.1 Å². The Labute approximate surface area is 92.3 Å². The second-order valence-corrected chi connectivity index (χ2v) is 5.39. The average molecular weight is 238 g/mol. The monoisotopic (exact) mass is 238 g/mol. The highest BCUT2D eigenvalue weighted by atomic mass is 32.2. The molecule has 0 aliphatic heterocycles. The molecule has 6 heteroatoms. The summed E-state index contributed by atoms with van der Waals surface area (Å²) in [6.07, 6.45) is 5.25. The van der Waals surface area contributed by atoms with Crippen molar-refractivity contribution < 1.29 is 13.5 Å². The molecule has 0 aromatic rings. The summed E-state index contributed by atoms with van der Waals surface area (Å²) in [6.45, 7) is 2.27. The zero-order valence-corrected chi connectivity index (χ0v) is 10.1. The van der Waals surface area contributed by atoms with Crippen molar-refractivity contribution in [3.8, 4) is 0 Å². The summed E-state index contributed by atoms with van der Waals surface area (Å²) in [5.41, 5.74) is 0. The molecular weight excluding hydrogens is 216 g/mol. The van der Waals surface area contributed by atoms with Gasteiger partial charge in [0, 0.05) is 19.7 Å². The molecule has 0 unspecified atom stereocenters. The number of hydrogen-bond acceptors (Lipinski definition) is 4. The standard InChI is InChI=1S/C9H22N2O3S/c1-15(13,14)11-8-7-10-6-4-2-3-5-9-12/h10-12H,2-9H2,1H3. The van der Waals surface area contributed by atoms with E-state index in [2.05, 4.69) is 10.0 Å². The molecule has 0 spiro atoms. The van der Waals surface area contributed by atoms with Gasteiger partial charge in [0.25, 0.3) is 0 Å². The van der Waals surface area contributed by atoms with E-state index in [1.165, 1.54) is 0 Å². The van der Waals surface area contributed by atoms with Gasteiger partial charge in [0.05, 0.1) is 6.26 Å². The lowest BCUT2D eigenvalue weighted by Crippen LogP contribution is -2.31. The van der Waals surface area contributed by atoms with E-state index in [-0.39, 0.29) is 6.61 Å². The predicted octanol–water partition coefficient (Wildman–Crippen LogP) is -0.322. The third kappa shape index (κ3) is 13.8. The van der Waals surface area contributed by atoms with Crippen molar-refractivity contribution >= 4 is 10.0 Å². The fourth-order valence-electron chi connectivity index (χ4n) is 1.17. The first-order chi connectivity index (χ1) is 7.06. The normalized spacial score (nSPS) is 11.9. The van der Waals surface area contributed by atoms with Gasteiger partial charge in [0.1, 0.15) is 0 Å². The number of aliphatic hydroxyl groups excluding tert-OH is 1. The molecule has 0 heterocycles. The Kier molecular flexibility index (Phi) is 8.98. The van der Waals surface area contributed by atoms with Gasteiger partial charge in [-0.25, -0.2) is 13.1 Å². The maximum absolute atomic E-state index is 10.7. The molecule has 0 rings (SSSR count). The van der Waals surface area contributed by atoms with Crippen LogP contribution in [0.4, 0.5) is 0 Å². The molecule has 0 atom stereocenters. The topological polar surface area (TPSA) is 78.4 Å². The minimum atomic E-state index is -3.05. The lowest BCUT2D eigenvalue weighted by Gasteiger charge is -2.04. The Morgan fingerprint density at radius 1 is 1.00 bits per heavy atom. The Morgan fingerprint density at radius 3 is 2.27 bits per heavy atom. The van der Waals surface area contributed by atoms with Crippen LogP contribution in [0.2, 0.25) is 0 Å². The summed E-state index contributed by atoms with van der Waals surface area (Å²) in [5, 5.41) is 11.7. The molecule has 0 bridgehead atoms. The third-order valence-electron chi connectivity index (χ3n) is 1.93. The van der Waals surface area contributed by atoms with Gasteiger partial charge in [-0.15, -0.1) is 0 Å². The lowest BCUT2D eigenvalue weighted by atomic mass is 10.2. The van der Waals surface area contributed by atoms with Crippen molar-refractivity contribution in [1.82, 2.24) is 10.0 Å². The molecule has 0 fully saturated rings. The first kappa shape index (κ1) is 14.8. The van der Waals surface area contributed by atoms with Gasteiger partial charge < -0.3 is 10.4 Å². The van der Waals surface area contributed by atoms with Crippen LogP contribution in [0.25, 0.3) is 0 Å². The second-order valence-electron chi connectivity index (χ2n) is 3.55. The molecule has 5 nitrogen and oxygen atoms in total. The van der Waals surface area contributed by atoms with E-state index in [1.54, 1.807) is 0 Å². The quantitative estimate of drug-likeness (QED) is 0.456. The van der Waals surface area contributed by atoms with Crippen LogP contribution >= 0.6 is 0 Å². The zero-order chi connectivity index (χ0) is 11.6. The first-order valence-electron chi connectivity index (χ1n) is 5.32. The lowest BCUT2D eigenvalue weighted by molar-refractivity contribution is 0.282. The Hall–Kier alpha value is -0.170. The van der Waals surface area contributed by atoms with Crippen molar-refractivity contribution in [3.05, 3.63) is 0 Å². The van der Waals surface area contributed by atoms with Crippen molar-refractivity contribution in [2.45, 2.75) is 25.7 Å². The zero-order valence-electron chi connectivity index (χ0n) is 9.33. The molecule has 0 aromatic heterocycles. The summed E-state index contributed by atoms with van der Waals surface area (Å²) >= 11 is 0. The van der Waals surface area contributed by atoms with E-state index in [1.807, 2.05) is 0 Å². The molecule has 0 amide bonds. The number of hydrogen-bond donors (Lipinski definition) is 3.